The standard InChI is InChI=1S/C15H14ClN3O3/c1-15(2,3)13(21)19-14-17-10-8-6-7(16)4-5-9(8)22-11(10)12(20)18-14/h4-6H,1-3H3,(H2,17,18,19,20,21). The van der Waals surface area contributed by atoms with E-state index >= 15 is 0 Å². The van der Waals surface area contributed by atoms with Crippen molar-refractivity contribution in [3.63, 3.8) is 0 Å². The normalized spacial score (nSPS) is 12.0. The summed E-state index contributed by atoms with van der Waals surface area (Å²) in [6.07, 6.45) is 0. The molecule has 0 unspecified atom stereocenters. The van der Waals surface area contributed by atoms with Crippen molar-refractivity contribution in [1.82, 2.24) is 9.97 Å². The number of nitrogens with one attached hydrogen (secondary N) is 2. The van der Waals surface area contributed by atoms with Gasteiger partial charge >= 0.3 is 0 Å². The lowest BCUT2D eigenvalue weighted by Gasteiger charge is -2.16. The van der Waals surface area contributed by atoms with Crippen LogP contribution in [0.5, 0.6) is 0 Å². The number of nitrogens with zero attached hydrogens (tertiary/aromatic N) is 1. The lowest BCUT2D eigenvalue weighted by Crippen LogP contribution is -2.29. The van der Waals surface area contributed by atoms with Crippen LogP contribution in [-0.2, 0) is 4.79 Å². The Bertz CT molecular complexity index is 950. The van der Waals surface area contributed by atoms with Gasteiger partial charge in [-0.1, -0.05) is 32.4 Å². The van der Waals surface area contributed by atoms with E-state index in [-0.39, 0.29) is 17.4 Å². The Morgan fingerprint density at radius 2 is 2.09 bits per heavy atom. The van der Waals surface area contributed by atoms with Gasteiger partial charge in [-0.05, 0) is 18.2 Å². The maximum atomic E-state index is 12.1. The van der Waals surface area contributed by atoms with Crippen LogP contribution >= 0.6 is 11.6 Å². The summed E-state index contributed by atoms with van der Waals surface area (Å²) in [7, 11) is 0. The van der Waals surface area contributed by atoms with Gasteiger partial charge in [0.05, 0.1) is 0 Å². The zero-order valence-electron chi connectivity index (χ0n) is 12.3. The van der Waals surface area contributed by atoms with Crippen LogP contribution in [0.2, 0.25) is 5.02 Å². The Hall–Kier alpha value is -2.34. The highest BCUT2D eigenvalue weighted by Gasteiger charge is 2.23. The number of hydrogen-bond acceptors (Lipinski definition) is 4. The Morgan fingerprint density at radius 1 is 1.36 bits per heavy atom. The first-order valence-corrected chi connectivity index (χ1v) is 7.07. The highest BCUT2D eigenvalue weighted by molar-refractivity contribution is 6.31. The van der Waals surface area contributed by atoms with E-state index in [2.05, 4.69) is 15.3 Å². The van der Waals surface area contributed by atoms with E-state index in [9.17, 15) is 9.59 Å². The second-order valence-corrected chi connectivity index (χ2v) is 6.48. The molecule has 1 aromatic carbocycles. The number of aromatic nitrogens is 2. The topological polar surface area (TPSA) is 88.0 Å². The first-order valence-electron chi connectivity index (χ1n) is 6.69. The van der Waals surface area contributed by atoms with Gasteiger partial charge < -0.3 is 4.42 Å². The van der Waals surface area contributed by atoms with Crippen molar-refractivity contribution in [3.8, 4) is 0 Å². The van der Waals surface area contributed by atoms with Crippen molar-refractivity contribution < 1.29 is 9.21 Å². The van der Waals surface area contributed by atoms with Gasteiger partial charge in [0.15, 0.2) is 0 Å². The average molecular weight is 320 g/mol. The summed E-state index contributed by atoms with van der Waals surface area (Å²) < 4.78 is 5.49. The molecule has 0 atom stereocenters. The number of benzene rings is 1. The molecule has 0 saturated carbocycles. The second-order valence-electron chi connectivity index (χ2n) is 6.04. The zero-order chi connectivity index (χ0) is 16.1. The summed E-state index contributed by atoms with van der Waals surface area (Å²) >= 11 is 5.97. The molecular weight excluding hydrogens is 306 g/mol. The van der Waals surface area contributed by atoms with Gasteiger partial charge in [-0.25, -0.2) is 4.98 Å². The fourth-order valence-electron chi connectivity index (χ4n) is 1.98. The fraction of sp³-hybridized carbons (Fsp3) is 0.267. The number of carbonyl (C=O) groups is 1. The monoisotopic (exact) mass is 319 g/mol. The molecule has 0 aliphatic heterocycles. The van der Waals surface area contributed by atoms with E-state index in [0.717, 1.165) is 0 Å². The Labute approximate surface area is 130 Å². The number of carbonyl (C=O) groups excluding carboxylic acids is 1. The summed E-state index contributed by atoms with van der Waals surface area (Å²) in [5.74, 6) is -0.166. The minimum atomic E-state index is -0.602. The van der Waals surface area contributed by atoms with Crippen molar-refractivity contribution in [2.75, 3.05) is 5.32 Å². The number of halogens is 1. The van der Waals surface area contributed by atoms with Crippen LogP contribution in [0.4, 0.5) is 5.95 Å². The first-order chi connectivity index (χ1) is 10.3. The molecule has 2 heterocycles. The molecule has 2 N–H and O–H groups in total. The Balaban J connectivity index is 2.18. The lowest BCUT2D eigenvalue weighted by atomic mass is 9.96. The predicted molar refractivity (Wildman–Crippen MR) is 85.2 cm³/mol. The molecule has 7 heteroatoms. The first kappa shape index (κ1) is 14.6. The van der Waals surface area contributed by atoms with Gasteiger partial charge in [0.2, 0.25) is 17.4 Å². The molecule has 0 spiro atoms. The highest BCUT2D eigenvalue weighted by atomic mass is 35.5. The Kier molecular flexibility index (Phi) is 3.21. The van der Waals surface area contributed by atoms with Crippen LogP contribution in [0.3, 0.4) is 0 Å². The second kappa shape index (κ2) is 4.84. The van der Waals surface area contributed by atoms with Crippen LogP contribution in [0.15, 0.2) is 27.4 Å². The number of aromatic amines is 1. The number of H-pyrrole nitrogens is 1. The third-order valence-electron chi connectivity index (χ3n) is 3.20. The van der Waals surface area contributed by atoms with Crippen LogP contribution in [0.25, 0.3) is 22.1 Å². The van der Waals surface area contributed by atoms with Gasteiger partial charge in [-0.15, -0.1) is 0 Å². The molecule has 0 radical (unpaired) electrons. The van der Waals surface area contributed by atoms with Gasteiger partial charge in [0.25, 0.3) is 5.56 Å². The average Bonchev–Trinajstić information content (AvgIpc) is 2.76. The quantitative estimate of drug-likeness (QED) is 0.720. The summed E-state index contributed by atoms with van der Waals surface area (Å²) in [6.45, 7) is 5.31. The minimum Gasteiger partial charge on any atom is -0.449 e. The maximum absolute atomic E-state index is 12.1. The third-order valence-corrected chi connectivity index (χ3v) is 3.43. The highest BCUT2D eigenvalue weighted by Crippen LogP contribution is 2.28. The Morgan fingerprint density at radius 3 is 2.77 bits per heavy atom. The molecule has 1 amide bonds. The van der Waals surface area contributed by atoms with E-state index in [1.807, 2.05) is 0 Å². The summed E-state index contributed by atoms with van der Waals surface area (Å²) in [5.41, 5.74) is -0.0790. The van der Waals surface area contributed by atoms with Crippen molar-refractivity contribution in [2.45, 2.75) is 20.8 Å². The number of amides is 1. The summed E-state index contributed by atoms with van der Waals surface area (Å²) in [5, 5.41) is 3.74. The third kappa shape index (κ3) is 2.46. The van der Waals surface area contributed by atoms with Crippen LogP contribution in [-0.4, -0.2) is 15.9 Å². The number of fused-ring (bicyclic) bond motifs is 3. The van der Waals surface area contributed by atoms with E-state index in [0.29, 0.717) is 21.5 Å². The van der Waals surface area contributed by atoms with E-state index in [1.54, 1.807) is 39.0 Å². The van der Waals surface area contributed by atoms with Gasteiger partial charge in [-0.3, -0.25) is 19.9 Å². The number of anilines is 1. The van der Waals surface area contributed by atoms with Crippen LogP contribution in [0.1, 0.15) is 20.8 Å². The molecule has 0 aliphatic carbocycles. The minimum absolute atomic E-state index is 0.0834. The number of rotatable bonds is 1. The summed E-state index contributed by atoms with van der Waals surface area (Å²) in [6, 6.07) is 5.01. The van der Waals surface area contributed by atoms with Crippen molar-refractivity contribution in [1.29, 1.82) is 0 Å². The zero-order valence-corrected chi connectivity index (χ0v) is 13.0. The molecule has 2 aromatic heterocycles. The van der Waals surface area contributed by atoms with Crippen molar-refractivity contribution >= 4 is 45.5 Å². The van der Waals surface area contributed by atoms with Crippen molar-refractivity contribution in [2.24, 2.45) is 5.41 Å². The molecule has 114 valence electrons. The number of hydrogen-bond donors (Lipinski definition) is 2. The van der Waals surface area contributed by atoms with E-state index < -0.39 is 11.0 Å². The smallest absolute Gasteiger partial charge is 0.296 e. The summed E-state index contributed by atoms with van der Waals surface area (Å²) in [4.78, 5) is 30.9. The molecule has 3 rings (SSSR count). The molecule has 0 fully saturated rings. The van der Waals surface area contributed by atoms with Crippen LogP contribution in [0, 0.1) is 5.41 Å². The molecule has 3 aromatic rings. The predicted octanol–water partition coefficient (Wildman–Crippen LogP) is 3.31. The van der Waals surface area contributed by atoms with E-state index in [1.165, 1.54) is 0 Å². The molecule has 0 bridgehead atoms. The molecular formula is C15H14ClN3O3. The molecule has 0 aliphatic rings. The largest absolute Gasteiger partial charge is 0.449 e. The fourth-order valence-corrected chi connectivity index (χ4v) is 2.15. The van der Waals surface area contributed by atoms with E-state index in [4.69, 9.17) is 16.0 Å². The SMILES string of the molecule is CC(C)(C)C(=O)Nc1nc2c(oc3ccc(Cl)cc32)c(=O)[nH]1. The lowest BCUT2D eigenvalue weighted by molar-refractivity contribution is -0.123. The maximum Gasteiger partial charge on any atom is 0.296 e. The van der Waals surface area contributed by atoms with Crippen molar-refractivity contribution in [3.05, 3.63) is 33.6 Å². The van der Waals surface area contributed by atoms with Gasteiger partial charge in [-0.2, -0.15) is 0 Å². The molecule has 6 nitrogen and oxygen atoms in total. The van der Waals surface area contributed by atoms with Crippen LogP contribution < -0.4 is 10.9 Å². The number of furan rings is 1. The van der Waals surface area contributed by atoms with Gasteiger partial charge in [0.1, 0.15) is 11.1 Å². The van der Waals surface area contributed by atoms with Gasteiger partial charge in [0, 0.05) is 15.8 Å². The molecule has 0 saturated heterocycles. The molecule has 22 heavy (non-hydrogen) atoms.